The molecule has 0 amide bonds. The van der Waals surface area contributed by atoms with E-state index >= 15 is 0 Å². The Morgan fingerprint density at radius 1 is 0.278 bits per heavy atom. The first-order chi connectivity index (χ1) is 52.7. The van der Waals surface area contributed by atoms with Crippen LogP contribution in [0, 0.1) is 0 Å². The molecule has 0 heterocycles. The number of esters is 4. The summed E-state index contributed by atoms with van der Waals surface area (Å²) in [6.45, 7) is 4.34. The summed E-state index contributed by atoms with van der Waals surface area (Å²) < 4.78 is 68.4. The Bertz CT molecular complexity index is 2810. The molecule has 5 unspecified atom stereocenters. The van der Waals surface area contributed by atoms with Crippen molar-refractivity contribution in [2.45, 2.75) is 303 Å². The van der Waals surface area contributed by atoms with Gasteiger partial charge in [-0.2, -0.15) is 0 Å². The van der Waals surface area contributed by atoms with Gasteiger partial charge in [-0.05, 0) is 161 Å². The van der Waals surface area contributed by atoms with Crippen LogP contribution in [0.15, 0.2) is 194 Å². The van der Waals surface area contributed by atoms with Gasteiger partial charge in [-0.1, -0.05) is 293 Å². The maximum Gasteiger partial charge on any atom is 0.472 e. The summed E-state index contributed by atoms with van der Waals surface area (Å²) in [4.78, 5) is 73.0. The molecule has 0 aliphatic heterocycles. The molecule has 0 rings (SSSR count). The molecule has 19 heteroatoms. The molecular weight excluding hydrogens is 1400 g/mol. The van der Waals surface area contributed by atoms with E-state index in [1.807, 2.05) is 30.4 Å². The molecule has 0 aromatic rings. The normalized spacial score (nSPS) is 14.8. The smallest absolute Gasteiger partial charge is 0.462 e. The van der Waals surface area contributed by atoms with Gasteiger partial charge in [0.2, 0.25) is 0 Å². The minimum atomic E-state index is -5.02. The van der Waals surface area contributed by atoms with Crippen LogP contribution >= 0.6 is 15.6 Å². The third-order valence-electron chi connectivity index (χ3n) is 16.1. The topological polar surface area (TPSA) is 237 Å². The molecule has 0 aliphatic carbocycles. The first-order valence-corrected chi connectivity index (χ1v) is 43.7. The lowest BCUT2D eigenvalue weighted by molar-refractivity contribution is -0.161. The lowest BCUT2D eigenvalue weighted by Crippen LogP contribution is -2.30. The fourth-order valence-electron chi connectivity index (χ4n) is 9.95. The van der Waals surface area contributed by atoms with Gasteiger partial charge >= 0.3 is 39.5 Å². The SMILES string of the molecule is CC/C=C\C/C=C\C/C=C\C/C=C\C/C=C\C/C=C\CCC(=O)OCC(COP(=O)(O)OCC(O)COP(=O)(O)OCC(COC(=O)CCCCCCCC/C=C\C/C=C\C/C=C\CCCCC)OC(=O)C/C=C\C/C=C\C/C=C\C/C=C\C/C=C\CC)OC(=O)CCCCCCC/C=C\C/C=C\CCCCC. The molecule has 0 fully saturated rings. The predicted molar refractivity (Wildman–Crippen MR) is 445 cm³/mol. The third kappa shape index (κ3) is 78.0. The summed E-state index contributed by atoms with van der Waals surface area (Å²) in [5.74, 6) is -2.47. The highest BCUT2D eigenvalue weighted by Crippen LogP contribution is 2.45. The number of hydrogen-bond acceptors (Lipinski definition) is 15. The number of carbonyl (C=O) groups is 4. The number of phosphoric ester groups is 2. The van der Waals surface area contributed by atoms with Crippen LogP contribution in [0.5, 0.6) is 0 Å². The standard InChI is InChI=1S/C89H142O17P2/c1-5-9-13-17-21-25-29-33-37-39-41-43-47-49-53-57-61-65-69-73-86(91)99-79-84(105-88(93)75-71-67-63-59-55-51-45-35-31-27-23-19-15-11-7-3)81-103-107(95,96)101-77-83(90)78-102-108(97,98)104-82-85(106-89(94)76-72-68-64-60-56-52-46-36-32-28-24-20-16-12-8-4)80-100-87(92)74-70-66-62-58-54-50-48-44-42-40-38-34-30-26-22-18-14-10-6-2/h9,12-13,16,21-28,33-38,41-46,49,53,56,60-61,65,68,72,83-85,90H,5-8,10-11,14-15,17-20,29-32,39-40,47-48,50-52,54-55,57-59,62-64,66-67,69-71,73-82H2,1-4H3,(H,95,96)(H,97,98)/b13-9-,16-12-,25-21-,26-22-,27-23-,28-24-,37-33-,38-34-,43-41-,44-42-,45-35-,46-36-,53-49-,60-56-,65-61-,72-68-. The molecule has 0 bridgehead atoms. The lowest BCUT2D eigenvalue weighted by Gasteiger charge is -2.21. The zero-order valence-corrected chi connectivity index (χ0v) is 68.5. The summed E-state index contributed by atoms with van der Waals surface area (Å²) in [6, 6.07) is 0. The number of hydrogen-bond donors (Lipinski definition) is 3. The molecule has 0 aliphatic rings. The van der Waals surface area contributed by atoms with Crippen LogP contribution in [-0.4, -0.2) is 96.7 Å². The van der Waals surface area contributed by atoms with E-state index in [1.165, 1.54) is 38.5 Å². The van der Waals surface area contributed by atoms with Crippen molar-refractivity contribution in [2.75, 3.05) is 39.6 Å². The van der Waals surface area contributed by atoms with Crippen LogP contribution in [0.1, 0.15) is 285 Å². The Hall–Kier alpha value is -6.10. The number of rotatable bonds is 74. The van der Waals surface area contributed by atoms with Gasteiger partial charge < -0.3 is 33.8 Å². The highest BCUT2D eigenvalue weighted by atomic mass is 31.2. The highest BCUT2D eigenvalue weighted by Gasteiger charge is 2.30. The second kappa shape index (κ2) is 79.0. The molecule has 17 nitrogen and oxygen atoms in total. The number of ether oxygens (including phenoxy) is 4. The number of unbranched alkanes of at least 4 members (excludes halogenated alkanes) is 17. The molecule has 5 atom stereocenters. The van der Waals surface area contributed by atoms with Crippen LogP contribution in [0.2, 0.25) is 0 Å². The Kier molecular flexibility index (Phi) is 74.5. The van der Waals surface area contributed by atoms with Gasteiger partial charge in [-0.15, -0.1) is 0 Å². The Morgan fingerprint density at radius 3 is 0.880 bits per heavy atom. The van der Waals surface area contributed by atoms with E-state index in [-0.39, 0.29) is 25.7 Å². The minimum absolute atomic E-state index is 0.0235. The van der Waals surface area contributed by atoms with Crippen molar-refractivity contribution >= 4 is 39.5 Å². The summed E-state index contributed by atoms with van der Waals surface area (Å²) in [5.41, 5.74) is 0. The van der Waals surface area contributed by atoms with Crippen LogP contribution in [0.4, 0.5) is 0 Å². The predicted octanol–water partition coefficient (Wildman–Crippen LogP) is 24.1. The third-order valence-corrected chi connectivity index (χ3v) is 18.0. The van der Waals surface area contributed by atoms with E-state index in [4.69, 9.17) is 37.0 Å². The summed E-state index contributed by atoms with van der Waals surface area (Å²) >= 11 is 0. The first kappa shape index (κ1) is 102. The van der Waals surface area contributed by atoms with Gasteiger partial charge in [0.05, 0.1) is 32.8 Å². The van der Waals surface area contributed by atoms with E-state index in [2.05, 4.69) is 180 Å². The maximum atomic E-state index is 13.1. The van der Waals surface area contributed by atoms with Crippen LogP contribution in [0.3, 0.4) is 0 Å². The van der Waals surface area contributed by atoms with Crippen molar-refractivity contribution in [3.8, 4) is 0 Å². The van der Waals surface area contributed by atoms with E-state index in [0.717, 1.165) is 161 Å². The Morgan fingerprint density at radius 2 is 0.537 bits per heavy atom. The zero-order chi connectivity index (χ0) is 78.9. The lowest BCUT2D eigenvalue weighted by atomic mass is 10.1. The van der Waals surface area contributed by atoms with Gasteiger partial charge in [0, 0.05) is 19.3 Å². The van der Waals surface area contributed by atoms with Crippen LogP contribution in [0.25, 0.3) is 0 Å². The fourth-order valence-corrected chi connectivity index (χ4v) is 11.5. The molecule has 0 aromatic heterocycles. The van der Waals surface area contributed by atoms with Gasteiger partial charge in [0.15, 0.2) is 12.2 Å². The second-order valence-corrected chi connectivity index (χ2v) is 29.2. The van der Waals surface area contributed by atoms with Crippen molar-refractivity contribution in [1.29, 1.82) is 0 Å². The number of carbonyl (C=O) groups excluding carboxylic acids is 4. The maximum absolute atomic E-state index is 13.1. The molecule has 0 spiro atoms. The highest BCUT2D eigenvalue weighted by molar-refractivity contribution is 7.47. The van der Waals surface area contributed by atoms with Gasteiger partial charge in [-0.25, -0.2) is 9.13 Å². The van der Waals surface area contributed by atoms with E-state index in [0.29, 0.717) is 32.1 Å². The average molecular weight is 1550 g/mol. The summed E-state index contributed by atoms with van der Waals surface area (Å²) in [5, 5.41) is 10.6. The molecule has 108 heavy (non-hydrogen) atoms. The molecule has 0 saturated heterocycles. The quantitative estimate of drug-likeness (QED) is 0.0169. The number of aliphatic hydroxyl groups is 1. The van der Waals surface area contributed by atoms with Crippen molar-refractivity contribution < 1.29 is 80.2 Å². The number of aliphatic hydroxyl groups excluding tert-OH is 1. The van der Waals surface area contributed by atoms with Crippen molar-refractivity contribution in [3.63, 3.8) is 0 Å². The first-order valence-electron chi connectivity index (χ1n) is 40.7. The number of phosphoric acid groups is 2. The largest absolute Gasteiger partial charge is 0.472 e. The van der Waals surface area contributed by atoms with E-state index < -0.39 is 97.5 Å². The molecule has 0 aromatic carbocycles. The Labute approximate surface area is 653 Å². The second-order valence-electron chi connectivity index (χ2n) is 26.3. The molecular formula is C89H142O17P2. The zero-order valence-electron chi connectivity index (χ0n) is 66.7. The van der Waals surface area contributed by atoms with Crippen molar-refractivity contribution in [1.82, 2.24) is 0 Å². The van der Waals surface area contributed by atoms with Gasteiger partial charge in [0.1, 0.15) is 19.3 Å². The van der Waals surface area contributed by atoms with Gasteiger partial charge in [0.25, 0.3) is 0 Å². The van der Waals surface area contributed by atoms with E-state index in [1.54, 1.807) is 12.2 Å². The number of allylic oxidation sites excluding steroid dienone is 31. The average Bonchev–Trinajstić information content (AvgIpc) is 0.923. The fraction of sp³-hybridized carbons (Fsp3) is 0.596. The molecule has 0 saturated carbocycles. The van der Waals surface area contributed by atoms with Crippen molar-refractivity contribution in [2.24, 2.45) is 0 Å². The monoisotopic (exact) mass is 1540 g/mol. The van der Waals surface area contributed by atoms with Crippen LogP contribution in [-0.2, 0) is 65.4 Å². The molecule has 3 N–H and O–H groups in total. The van der Waals surface area contributed by atoms with Crippen molar-refractivity contribution in [3.05, 3.63) is 194 Å². The summed E-state index contributed by atoms with van der Waals surface area (Å²) in [6.07, 6.45) is 97.4. The molecule has 610 valence electrons. The minimum Gasteiger partial charge on any atom is -0.462 e. The van der Waals surface area contributed by atoms with Gasteiger partial charge in [-0.3, -0.25) is 37.3 Å². The van der Waals surface area contributed by atoms with Crippen LogP contribution < -0.4 is 0 Å². The van der Waals surface area contributed by atoms with E-state index in [9.17, 15) is 43.2 Å². The Balaban J connectivity index is 5.53. The molecule has 0 radical (unpaired) electrons. The summed E-state index contributed by atoms with van der Waals surface area (Å²) in [7, 11) is -10.0.